The molecule has 4 saturated carbocycles. The SMILES string of the molecule is NC(=S)C12CCC(COCc3c(-c4c(Cl)cccc4Cl)noc3C3CC3)(CC1)CC2. The van der Waals surface area contributed by atoms with Gasteiger partial charge in [0.05, 0.1) is 28.2 Å². The van der Waals surface area contributed by atoms with Crippen molar-refractivity contribution in [2.75, 3.05) is 6.61 Å². The van der Waals surface area contributed by atoms with E-state index < -0.39 is 0 Å². The molecule has 7 heteroatoms. The average Bonchev–Trinajstić information content (AvgIpc) is 3.51. The molecule has 0 atom stereocenters. The number of nitrogens with zero attached hydrogens (tertiary/aromatic N) is 1. The number of benzene rings is 1. The van der Waals surface area contributed by atoms with E-state index in [0.717, 1.165) is 74.9 Å². The zero-order valence-electron chi connectivity index (χ0n) is 16.9. The van der Waals surface area contributed by atoms with Crippen molar-refractivity contribution in [1.29, 1.82) is 0 Å². The van der Waals surface area contributed by atoms with Gasteiger partial charge in [0.25, 0.3) is 0 Å². The van der Waals surface area contributed by atoms with E-state index in [2.05, 4.69) is 5.16 Å². The first kappa shape index (κ1) is 20.7. The fourth-order valence-corrected chi connectivity index (χ4v) is 6.15. The molecule has 4 aliphatic carbocycles. The summed E-state index contributed by atoms with van der Waals surface area (Å²) in [4.78, 5) is 0.705. The number of hydrogen-bond donors (Lipinski definition) is 1. The lowest BCUT2D eigenvalue weighted by Gasteiger charge is -2.52. The molecule has 0 unspecified atom stereocenters. The topological polar surface area (TPSA) is 61.3 Å². The normalized spacial score (nSPS) is 28.1. The lowest BCUT2D eigenvalue weighted by molar-refractivity contribution is -0.0465. The second kappa shape index (κ2) is 7.77. The maximum atomic E-state index is 6.46. The minimum Gasteiger partial charge on any atom is -0.393 e. The van der Waals surface area contributed by atoms with E-state index in [0.29, 0.717) is 33.3 Å². The second-order valence-electron chi connectivity index (χ2n) is 9.38. The minimum absolute atomic E-state index is 0.0959. The zero-order chi connectivity index (χ0) is 20.9. The molecule has 1 aromatic heterocycles. The average molecular weight is 465 g/mol. The molecule has 4 nitrogen and oxygen atoms in total. The largest absolute Gasteiger partial charge is 0.393 e. The van der Waals surface area contributed by atoms with Crippen LogP contribution in [0.5, 0.6) is 0 Å². The maximum absolute atomic E-state index is 6.46. The summed E-state index contributed by atoms with van der Waals surface area (Å²) in [6.07, 6.45) is 8.92. The van der Waals surface area contributed by atoms with Crippen LogP contribution in [0, 0.1) is 10.8 Å². The highest BCUT2D eigenvalue weighted by atomic mass is 35.5. The van der Waals surface area contributed by atoms with Crippen LogP contribution in [0.3, 0.4) is 0 Å². The van der Waals surface area contributed by atoms with E-state index in [9.17, 15) is 0 Å². The molecule has 6 rings (SSSR count). The molecular weight excluding hydrogens is 439 g/mol. The number of fused-ring (bicyclic) bond motifs is 3. The van der Waals surface area contributed by atoms with Gasteiger partial charge in [-0.1, -0.05) is 46.6 Å². The van der Waals surface area contributed by atoms with Crippen molar-refractivity contribution in [2.24, 2.45) is 16.6 Å². The lowest BCUT2D eigenvalue weighted by Crippen LogP contribution is -2.49. The molecule has 0 spiro atoms. The van der Waals surface area contributed by atoms with E-state index in [4.69, 9.17) is 50.4 Å². The van der Waals surface area contributed by atoms with Gasteiger partial charge in [-0.05, 0) is 68.9 Å². The molecule has 2 N–H and O–H groups in total. The van der Waals surface area contributed by atoms with Crippen molar-refractivity contribution in [3.8, 4) is 11.3 Å². The molecule has 0 amide bonds. The van der Waals surface area contributed by atoms with Gasteiger partial charge in [0.1, 0.15) is 11.5 Å². The first-order chi connectivity index (χ1) is 14.4. The summed E-state index contributed by atoms with van der Waals surface area (Å²) in [6, 6.07) is 5.50. The fourth-order valence-electron chi connectivity index (χ4n) is 5.27. The predicted octanol–water partition coefficient (Wildman–Crippen LogP) is 6.67. The summed E-state index contributed by atoms with van der Waals surface area (Å²) in [5.41, 5.74) is 8.82. The van der Waals surface area contributed by atoms with Gasteiger partial charge in [0.15, 0.2) is 0 Å². The van der Waals surface area contributed by atoms with Gasteiger partial charge >= 0.3 is 0 Å². The summed E-state index contributed by atoms with van der Waals surface area (Å²) in [5.74, 6) is 1.36. The van der Waals surface area contributed by atoms with Crippen LogP contribution >= 0.6 is 35.4 Å². The summed E-state index contributed by atoms with van der Waals surface area (Å²) < 4.78 is 12.1. The third kappa shape index (κ3) is 3.58. The van der Waals surface area contributed by atoms with E-state index in [1.165, 1.54) is 0 Å². The molecule has 0 saturated heterocycles. The highest BCUT2D eigenvalue weighted by Gasteiger charge is 2.50. The van der Waals surface area contributed by atoms with Gasteiger partial charge < -0.3 is 15.0 Å². The van der Waals surface area contributed by atoms with Gasteiger partial charge in [0, 0.05) is 22.5 Å². The standard InChI is InChI=1S/C23H26Cl2N2O2S/c24-16-2-1-3-17(25)18(16)19-15(20(29-27-19)14-4-5-14)12-28-13-22-6-9-23(10-7-22,11-8-22)21(26)30/h1-3,14H,4-13H2,(H2,26,30). The van der Waals surface area contributed by atoms with Crippen molar-refractivity contribution >= 4 is 40.4 Å². The Balaban J connectivity index is 1.34. The van der Waals surface area contributed by atoms with Gasteiger partial charge in [0.2, 0.25) is 0 Å². The molecule has 2 bridgehead atoms. The Morgan fingerprint density at radius 3 is 2.33 bits per heavy atom. The van der Waals surface area contributed by atoms with Crippen LogP contribution in [0.4, 0.5) is 0 Å². The summed E-state index contributed by atoms with van der Waals surface area (Å²) >= 11 is 18.3. The number of thiocarbonyl (C=S) groups is 1. The smallest absolute Gasteiger partial charge is 0.145 e. The van der Waals surface area contributed by atoms with Crippen LogP contribution < -0.4 is 5.73 Å². The molecule has 1 heterocycles. The first-order valence-electron chi connectivity index (χ1n) is 10.7. The van der Waals surface area contributed by atoms with Crippen LogP contribution in [-0.2, 0) is 11.3 Å². The third-order valence-corrected chi connectivity index (χ3v) is 8.61. The predicted molar refractivity (Wildman–Crippen MR) is 123 cm³/mol. The van der Waals surface area contributed by atoms with Gasteiger partial charge in [-0.2, -0.15) is 0 Å². The first-order valence-corrected chi connectivity index (χ1v) is 11.9. The number of hydrogen-bond acceptors (Lipinski definition) is 4. The molecular formula is C23H26Cl2N2O2S. The Labute approximate surface area is 192 Å². The number of nitrogens with two attached hydrogens (primary N) is 1. The maximum Gasteiger partial charge on any atom is 0.145 e. The number of rotatable bonds is 7. The van der Waals surface area contributed by atoms with Crippen molar-refractivity contribution in [1.82, 2.24) is 5.16 Å². The minimum atomic E-state index is 0.0959. The number of halogens is 2. The van der Waals surface area contributed by atoms with Gasteiger partial charge in [-0.25, -0.2) is 0 Å². The molecule has 0 aliphatic heterocycles. The lowest BCUT2D eigenvalue weighted by atomic mass is 9.54. The summed E-state index contributed by atoms with van der Waals surface area (Å²) in [5, 5.41) is 5.51. The van der Waals surface area contributed by atoms with Gasteiger partial charge in [-0.15, -0.1) is 0 Å². The van der Waals surface area contributed by atoms with E-state index in [-0.39, 0.29) is 10.8 Å². The molecule has 1 aromatic carbocycles. The summed E-state index contributed by atoms with van der Waals surface area (Å²) in [6.45, 7) is 1.21. The number of ether oxygens (including phenoxy) is 1. The van der Waals surface area contributed by atoms with Crippen molar-refractivity contribution in [3.63, 3.8) is 0 Å². The molecule has 4 aliphatic rings. The van der Waals surface area contributed by atoms with Crippen LogP contribution in [0.25, 0.3) is 11.3 Å². The Morgan fingerprint density at radius 1 is 1.13 bits per heavy atom. The number of aromatic nitrogens is 1. The summed E-state index contributed by atoms with van der Waals surface area (Å²) in [7, 11) is 0. The van der Waals surface area contributed by atoms with Crippen molar-refractivity contribution < 1.29 is 9.26 Å². The molecule has 30 heavy (non-hydrogen) atoms. The Morgan fingerprint density at radius 2 is 1.77 bits per heavy atom. The van der Waals surface area contributed by atoms with Crippen LogP contribution in [0.2, 0.25) is 10.0 Å². The van der Waals surface area contributed by atoms with Crippen molar-refractivity contribution in [2.45, 2.75) is 63.9 Å². The Bertz CT molecular complexity index is 941. The van der Waals surface area contributed by atoms with Crippen LogP contribution in [0.15, 0.2) is 22.7 Å². The second-order valence-corrected chi connectivity index (χ2v) is 10.6. The van der Waals surface area contributed by atoms with Crippen molar-refractivity contribution in [3.05, 3.63) is 39.6 Å². The fraction of sp³-hybridized carbons (Fsp3) is 0.565. The van der Waals surface area contributed by atoms with Crippen LogP contribution in [0.1, 0.15) is 68.6 Å². The molecule has 0 radical (unpaired) electrons. The molecule has 2 aromatic rings. The third-order valence-electron chi connectivity index (χ3n) is 7.55. The highest BCUT2D eigenvalue weighted by molar-refractivity contribution is 7.80. The van der Waals surface area contributed by atoms with Gasteiger partial charge in [-0.3, -0.25) is 0 Å². The quantitative estimate of drug-likeness (QED) is 0.463. The molecule has 4 fully saturated rings. The monoisotopic (exact) mass is 464 g/mol. The molecule has 160 valence electrons. The van der Waals surface area contributed by atoms with E-state index in [1.807, 2.05) is 18.2 Å². The van der Waals surface area contributed by atoms with E-state index >= 15 is 0 Å². The highest BCUT2D eigenvalue weighted by Crippen LogP contribution is 2.57. The Kier molecular flexibility index (Phi) is 5.37. The van der Waals surface area contributed by atoms with Crippen LogP contribution in [-0.4, -0.2) is 16.8 Å². The zero-order valence-corrected chi connectivity index (χ0v) is 19.2. The van der Waals surface area contributed by atoms with E-state index in [1.54, 1.807) is 0 Å². The Hall–Kier alpha value is -1.14.